The Kier molecular flexibility index (Phi) is 4.68. The smallest absolute Gasteiger partial charge is 0.143 e. The number of rotatable bonds is 4. The first-order valence-corrected chi connectivity index (χ1v) is 11.3. The molecule has 0 radical (unpaired) electrons. The largest absolute Gasteiger partial charge is 0.395 e. The van der Waals surface area contributed by atoms with Crippen molar-refractivity contribution in [2.75, 3.05) is 12.4 Å². The predicted molar refractivity (Wildman–Crippen MR) is 116 cm³/mol. The zero-order valence-corrected chi connectivity index (χ0v) is 17.9. The fraction of sp³-hybridized carbons (Fsp3) is 0.409. The Labute approximate surface area is 179 Å². The van der Waals surface area contributed by atoms with E-state index >= 15 is 0 Å². The van der Waals surface area contributed by atoms with Crippen molar-refractivity contribution in [3.05, 3.63) is 65.0 Å². The summed E-state index contributed by atoms with van der Waals surface area (Å²) in [5.41, 5.74) is 3.24. The zero-order chi connectivity index (χ0) is 20.1. The summed E-state index contributed by atoms with van der Waals surface area (Å²) in [6.45, 7) is 3.16. The van der Waals surface area contributed by atoms with Gasteiger partial charge in [-0.15, -0.1) is 10.2 Å². The Hall–Kier alpha value is -1.89. The second-order valence-electron chi connectivity index (χ2n) is 8.24. The molecule has 5 nitrogen and oxygen atoms in total. The summed E-state index contributed by atoms with van der Waals surface area (Å²) in [5.74, 6) is 3.03. The van der Waals surface area contributed by atoms with Gasteiger partial charge in [0.05, 0.1) is 17.0 Å². The molecular weight excluding hydrogens is 404 g/mol. The van der Waals surface area contributed by atoms with E-state index in [1.165, 1.54) is 5.56 Å². The number of pyridine rings is 1. The number of hydrogen-bond acceptors (Lipinski definition) is 5. The molecule has 0 saturated heterocycles. The maximum absolute atomic E-state index is 9.81. The minimum absolute atomic E-state index is 0.0485. The lowest BCUT2D eigenvalue weighted by Crippen LogP contribution is -2.28. The molecule has 1 unspecified atom stereocenters. The summed E-state index contributed by atoms with van der Waals surface area (Å²) in [5, 5.41) is 19.7. The van der Waals surface area contributed by atoms with Gasteiger partial charge in [-0.3, -0.25) is 4.98 Å². The predicted octanol–water partition coefficient (Wildman–Crippen LogP) is 4.11. The molecule has 2 aliphatic rings. The molecule has 1 aliphatic heterocycles. The topological polar surface area (TPSA) is 63.8 Å². The van der Waals surface area contributed by atoms with Gasteiger partial charge < -0.3 is 9.67 Å². The molecule has 150 valence electrons. The lowest BCUT2D eigenvalue weighted by Gasteiger charge is -2.23. The molecule has 1 N–H and O–H groups in total. The quantitative estimate of drug-likeness (QED) is 0.680. The first kappa shape index (κ1) is 19.1. The van der Waals surface area contributed by atoms with Crippen LogP contribution in [0.15, 0.2) is 42.7 Å². The normalized spacial score (nSPS) is 22.7. The molecule has 2 aromatic heterocycles. The summed E-state index contributed by atoms with van der Waals surface area (Å²) < 4.78 is 2.12. The van der Waals surface area contributed by atoms with Gasteiger partial charge in [0.2, 0.25) is 0 Å². The van der Waals surface area contributed by atoms with Gasteiger partial charge in [-0.05, 0) is 37.0 Å². The van der Waals surface area contributed by atoms with Gasteiger partial charge >= 0.3 is 0 Å². The Morgan fingerprint density at radius 3 is 2.66 bits per heavy atom. The Balaban J connectivity index is 1.48. The Morgan fingerprint density at radius 2 is 1.97 bits per heavy atom. The molecule has 1 aromatic carbocycles. The van der Waals surface area contributed by atoms with Crippen LogP contribution < -0.4 is 0 Å². The molecule has 1 saturated carbocycles. The van der Waals surface area contributed by atoms with Gasteiger partial charge in [-0.2, -0.15) is 11.8 Å². The fourth-order valence-corrected chi connectivity index (χ4v) is 5.55. The Bertz CT molecular complexity index is 1050. The van der Waals surface area contributed by atoms with Crippen molar-refractivity contribution in [2.24, 2.45) is 0 Å². The first-order chi connectivity index (χ1) is 14.0. The number of hydrogen-bond donors (Lipinski definition) is 1. The SMILES string of the molecule is CC1(CO)Cc2nnc(C3(c4ccc(-c5cnccc5Cl)cc4)CC3)n2CCS1. The monoisotopic (exact) mass is 426 g/mol. The van der Waals surface area contributed by atoms with Crippen molar-refractivity contribution in [3.8, 4) is 11.1 Å². The van der Waals surface area contributed by atoms with E-state index in [4.69, 9.17) is 11.6 Å². The van der Waals surface area contributed by atoms with Crippen LogP contribution in [0.2, 0.25) is 5.02 Å². The van der Waals surface area contributed by atoms with Crippen molar-refractivity contribution < 1.29 is 5.11 Å². The highest BCUT2D eigenvalue weighted by atomic mass is 35.5. The third-order valence-corrected chi connectivity index (χ3v) is 7.84. The molecule has 3 heterocycles. The molecule has 0 amide bonds. The number of thioether (sulfide) groups is 1. The summed E-state index contributed by atoms with van der Waals surface area (Å²) >= 11 is 8.16. The van der Waals surface area contributed by atoms with E-state index in [1.807, 2.05) is 17.8 Å². The number of halogens is 1. The number of aliphatic hydroxyl groups is 1. The summed E-state index contributed by atoms with van der Waals surface area (Å²) in [6, 6.07) is 10.4. The van der Waals surface area contributed by atoms with Gasteiger partial charge in [0.1, 0.15) is 11.6 Å². The third kappa shape index (κ3) is 3.27. The van der Waals surface area contributed by atoms with Gasteiger partial charge in [0.25, 0.3) is 0 Å². The van der Waals surface area contributed by atoms with E-state index in [9.17, 15) is 5.11 Å². The standard InChI is InChI=1S/C22H23ClN4OS/c1-21(14-28)12-19-25-26-20(27(19)10-11-29-21)22(7-8-22)16-4-2-15(3-5-16)17-13-24-9-6-18(17)23/h2-6,9,13,28H,7-8,10-12,14H2,1H3. The Morgan fingerprint density at radius 1 is 1.17 bits per heavy atom. The van der Waals surface area contributed by atoms with Crippen LogP contribution in [0.4, 0.5) is 0 Å². The molecule has 0 spiro atoms. The van der Waals surface area contributed by atoms with Crippen molar-refractivity contribution in [1.82, 2.24) is 19.7 Å². The van der Waals surface area contributed by atoms with Crippen LogP contribution in [-0.2, 0) is 18.4 Å². The van der Waals surface area contributed by atoms with E-state index in [1.54, 1.807) is 12.4 Å². The van der Waals surface area contributed by atoms with Gasteiger partial charge in [-0.1, -0.05) is 35.9 Å². The van der Waals surface area contributed by atoms with Crippen molar-refractivity contribution >= 4 is 23.4 Å². The number of aliphatic hydroxyl groups excluding tert-OH is 1. The third-order valence-electron chi connectivity index (χ3n) is 6.15. The second kappa shape index (κ2) is 7.11. The summed E-state index contributed by atoms with van der Waals surface area (Å²) in [7, 11) is 0. The summed E-state index contributed by atoms with van der Waals surface area (Å²) in [4.78, 5) is 4.20. The summed E-state index contributed by atoms with van der Waals surface area (Å²) in [6.07, 6.45) is 6.43. The van der Waals surface area contributed by atoms with Crippen LogP contribution in [0.3, 0.4) is 0 Å². The number of aromatic nitrogens is 4. The molecule has 1 aliphatic carbocycles. The highest BCUT2D eigenvalue weighted by molar-refractivity contribution is 8.00. The average molecular weight is 427 g/mol. The lowest BCUT2D eigenvalue weighted by atomic mass is 9.93. The lowest BCUT2D eigenvalue weighted by molar-refractivity contribution is 0.254. The molecule has 1 atom stereocenters. The first-order valence-electron chi connectivity index (χ1n) is 9.92. The number of benzene rings is 1. The highest BCUT2D eigenvalue weighted by Crippen LogP contribution is 2.53. The van der Waals surface area contributed by atoms with Crippen LogP contribution in [0, 0.1) is 0 Å². The zero-order valence-electron chi connectivity index (χ0n) is 16.3. The van der Waals surface area contributed by atoms with E-state index < -0.39 is 0 Å². The van der Waals surface area contributed by atoms with Gasteiger partial charge in [-0.25, -0.2) is 0 Å². The second-order valence-corrected chi connectivity index (χ2v) is 10.3. The highest BCUT2D eigenvalue weighted by Gasteiger charge is 2.50. The number of fused-ring (bicyclic) bond motifs is 1. The fourth-order valence-electron chi connectivity index (χ4n) is 4.25. The average Bonchev–Trinajstić information content (AvgIpc) is 3.48. The number of nitrogens with zero attached hydrogens (tertiary/aromatic N) is 4. The van der Waals surface area contributed by atoms with Crippen molar-refractivity contribution in [2.45, 2.75) is 42.9 Å². The maximum atomic E-state index is 9.81. The van der Waals surface area contributed by atoms with Crippen LogP contribution in [-0.4, -0.2) is 42.0 Å². The molecular formula is C22H23ClN4OS. The molecule has 0 bridgehead atoms. The van der Waals surface area contributed by atoms with Gasteiger partial charge in [0.15, 0.2) is 0 Å². The van der Waals surface area contributed by atoms with Crippen LogP contribution in [0.5, 0.6) is 0 Å². The minimum atomic E-state index is -0.181. The molecule has 1 fully saturated rings. The van der Waals surface area contributed by atoms with E-state index in [0.717, 1.165) is 54.3 Å². The minimum Gasteiger partial charge on any atom is -0.395 e. The molecule has 7 heteroatoms. The van der Waals surface area contributed by atoms with E-state index in [-0.39, 0.29) is 16.8 Å². The molecule has 5 rings (SSSR count). The van der Waals surface area contributed by atoms with Crippen LogP contribution in [0.1, 0.15) is 37.0 Å². The van der Waals surface area contributed by atoms with Crippen molar-refractivity contribution in [3.63, 3.8) is 0 Å². The van der Waals surface area contributed by atoms with E-state index in [0.29, 0.717) is 5.02 Å². The molecule has 3 aromatic rings. The van der Waals surface area contributed by atoms with Crippen LogP contribution >= 0.6 is 23.4 Å². The van der Waals surface area contributed by atoms with E-state index in [2.05, 4.69) is 50.9 Å². The van der Waals surface area contributed by atoms with Crippen molar-refractivity contribution in [1.29, 1.82) is 0 Å². The maximum Gasteiger partial charge on any atom is 0.143 e. The van der Waals surface area contributed by atoms with Gasteiger partial charge in [0, 0.05) is 41.4 Å². The van der Waals surface area contributed by atoms with Crippen LogP contribution in [0.25, 0.3) is 11.1 Å². The molecule has 29 heavy (non-hydrogen) atoms.